The molecular formula is C18H18BN3O2. The SMILES string of the molecule is COc1cc2c(cc1-c1ccc3c(N)cnnc3c1)B(O)CCC2. The van der Waals surface area contributed by atoms with Gasteiger partial charge in [0.1, 0.15) is 5.75 Å². The molecule has 2 aromatic carbocycles. The van der Waals surface area contributed by atoms with Crippen molar-refractivity contribution in [3.63, 3.8) is 0 Å². The number of methoxy groups -OCH3 is 1. The first-order valence-corrected chi connectivity index (χ1v) is 8.07. The van der Waals surface area contributed by atoms with Crippen LogP contribution in [0, 0.1) is 0 Å². The van der Waals surface area contributed by atoms with Gasteiger partial charge < -0.3 is 15.5 Å². The smallest absolute Gasteiger partial charge is 0.323 e. The second kappa shape index (κ2) is 5.80. The van der Waals surface area contributed by atoms with Crippen molar-refractivity contribution in [1.29, 1.82) is 0 Å². The molecule has 0 aliphatic carbocycles. The van der Waals surface area contributed by atoms with Crippen LogP contribution in [-0.2, 0) is 6.42 Å². The number of anilines is 1. The van der Waals surface area contributed by atoms with Crippen LogP contribution in [0.15, 0.2) is 36.5 Å². The second-order valence-electron chi connectivity index (χ2n) is 6.19. The topological polar surface area (TPSA) is 81.3 Å². The molecule has 0 unspecified atom stereocenters. The van der Waals surface area contributed by atoms with Gasteiger partial charge in [-0.2, -0.15) is 10.2 Å². The molecule has 1 aliphatic heterocycles. The van der Waals surface area contributed by atoms with Crippen molar-refractivity contribution in [1.82, 2.24) is 10.2 Å². The number of aryl methyl sites for hydroxylation is 1. The summed E-state index contributed by atoms with van der Waals surface area (Å²) in [5.74, 6) is 0.805. The molecule has 0 radical (unpaired) electrons. The number of aromatic nitrogens is 2. The second-order valence-corrected chi connectivity index (χ2v) is 6.19. The molecule has 0 amide bonds. The zero-order valence-electron chi connectivity index (χ0n) is 13.5. The highest BCUT2D eigenvalue weighted by Gasteiger charge is 2.24. The van der Waals surface area contributed by atoms with Crippen molar-refractivity contribution in [3.05, 3.63) is 42.1 Å². The van der Waals surface area contributed by atoms with Gasteiger partial charge in [-0.25, -0.2) is 0 Å². The normalized spacial score (nSPS) is 13.8. The zero-order valence-corrected chi connectivity index (χ0v) is 13.5. The summed E-state index contributed by atoms with van der Waals surface area (Å²) in [4.78, 5) is 0. The summed E-state index contributed by atoms with van der Waals surface area (Å²) in [6.45, 7) is -0.408. The molecule has 2 heterocycles. The summed E-state index contributed by atoms with van der Waals surface area (Å²) in [7, 11) is 1.67. The summed E-state index contributed by atoms with van der Waals surface area (Å²) in [5, 5.41) is 19.3. The van der Waals surface area contributed by atoms with E-state index in [1.165, 1.54) is 5.56 Å². The fourth-order valence-electron chi connectivity index (χ4n) is 3.45. The van der Waals surface area contributed by atoms with Gasteiger partial charge in [0.2, 0.25) is 0 Å². The molecule has 0 saturated carbocycles. The van der Waals surface area contributed by atoms with Crippen LogP contribution in [0.4, 0.5) is 5.69 Å². The fraction of sp³-hybridized carbons (Fsp3) is 0.222. The number of nitrogens with two attached hydrogens (primary N) is 1. The molecule has 3 N–H and O–H groups in total. The van der Waals surface area contributed by atoms with E-state index in [1.807, 2.05) is 30.3 Å². The average molecular weight is 319 g/mol. The van der Waals surface area contributed by atoms with Gasteiger partial charge in [0.15, 0.2) is 0 Å². The Morgan fingerprint density at radius 2 is 2.12 bits per heavy atom. The molecule has 6 heteroatoms. The van der Waals surface area contributed by atoms with Crippen molar-refractivity contribution in [2.45, 2.75) is 19.2 Å². The lowest BCUT2D eigenvalue weighted by Gasteiger charge is -2.21. The fourth-order valence-corrected chi connectivity index (χ4v) is 3.45. The van der Waals surface area contributed by atoms with E-state index in [0.29, 0.717) is 5.69 Å². The van der Waals surface area contributed by atoms with Crippen molar-refractivity contribution in [2.24, 2.45) is 0 Å². The molecule has 5 nitrogen and oxygen atoms in total. The van der Waals surface area contributed by atoms with Gasteiger partial charge in [-0.05, 0) is 47.5 Å². The lowest BCUT2D eigenvalue weighted by Crippen LogP contribution is -2.36. The van der Waals surface area contributed by atoms with Crippen LogP contribution in [0.25, 0.3) is 22.0 Å². The largest absolute Gasteiger partial charge is 0.496 e. The molecule has 0 spiro atoms. The summed E-state index contributed by atoms with van der Waals surface area (Å²) < 4.78 is 5.59. The molecule has 0 atom stereocenters. The lowest BCUT2D eigenvalue weighted by atomic mass is 9.53. The van der Waals surface area contributed by atoms with E-state index in [9.17, 15) is 5.02 Å². The lowest BCUT2D eigenvalue weighted by molar-refractivity contribution is 0.416. The number of benzene rings is 2. The summed E-state index contributed by atoms with van der Waals surface area (Å²) in [6, 6.07) is 9.99. The highest BCUT2D eigenvalue weighted by Crippen LogP contribution is 2.34. The minimum atomic E-state index is -0.408. The Bertz CT molecular complexity index is 930. The minimum Gasteiger partial charge on any atom is -0.496 e. The number of ether oxygens (including phenoxy) is 1. The van der Waals surface area contributed by atoms with Gasteiger partial charge in [-0.3, -0.25) is 0 Å². The maximum atomic E-state index is 10.3. The molecule has 0 fully saturated rings. The van der Waals surface area contributed by atoms with E-state index < -0.39 is 6.92 Å². The van der Waals surface area contributed by atoms with E-state index in [2.05, 4.69) is 10.2 Å². The average Bonchev–Trinajstić information content (AvgIpc) is 2.61. The third-order valence-corrected chi connectivity index (χ3v) is 4.73. The number of fused-ring (bicyclic) bond motifs is 2. The molecule has 1 aromatic heterocycles. The first kappa shape index (κ1) is 15.0. The van der Waals surface area contributed by atoms with Gasteiger partial charge in [-0.15, -0.1) is 0 Å². The maximum Gasteiger partial charge on any atom is 0.323 e. The summed E-state index contributed by atoms with van der Waals surface area (Å²) in [5.41, 5.74) is 11.4. The Morgan fingerprint density at radius 1 is 1.25 bits per heavy atom. The van der Waals surface area contributed by atoms with Crippen LogP contribution < -0.4 is 15.9 Å². The monoisotopic (exact) mass is 319 g/mol. The van der Waals surface area contributed by atoms with Gasteiger partial charge in [-0.1, -0.05) is 18.6 Å². The van der Waals surface area contributed by atoms with Crippen LogP contribution in [0.5, 0.6) is 5.75 Å². The predicted octanol–water partition coefficient (Wildman–Crippen LogP) is 2.02. The molecule has 120 valence electrons. The third-order valence-electron chi connectivity index (χ3n) is 4.73. The van der Waals surface area contributed by atoms with Gasteiger partial charge in [0.05, 0.1) is 24.5 Å². The standard InChI is InChI=1S/C18H18BN3O2/c1-24-18-8-12-3-2-6-19(23)15(12)9-14(18)11-4-5-13-16(20)10-21-22-17(13)7-11/h4-5,7-10,23H,2-3,6H2,1H3,(H2,20,22). The van der Waals surface area contributed by atoms with Crippen LogP contribution in [-0.4, -0.2) is 29.2 Å². The molecule has 3 aromatic rings. The van der Waals surface area contributed by atoms with Crippen LogP contribution in [0.1, 0.15) is 12.0 Å². The van der Waals surface area contributed by atoms with E-state index in [1.54, 1.807) is 13.3 Å². The Labute approximate surface area is 140 Å². The predicted molar refractivity (Wildman–Crippen MR) is 96.7 cm³/mol. The number of nitrogens with zero attached hydrogens (tertiary/aromatic N) is 2. The molecule has 1 aliphatic rings. The number of rotatable bonds is 2. The molecule has 0 bridgehead atoms. The van der Waals surface area contributed by atoms with Crippen molar-refractivity contribution < 1.29 is 9.76 Å². The molecule has 24 heavy (non-hydrogen) atoms. The summed E-state index contributed by atoms with van der Waals surface area (Å²) >= 11 is 0. The zero-order chi connectivity index (χ0) is 16.7. The van der Waals surface area contributed by atoms with Gasteiger partial charge in [0.25, 0.3) is 0 Å². The van der Waals surface area contributed by atoms with Crippen LogP contribution in [0.3, 0.4) is 0 Å². The van der Waals surface area contributed by atoms with Crippen molar-refractivity contribution in [3.8, 4) is 16.9 Å². The first-order valence-electron chi connectivity index (χ1n) is 8.07. The molecular weight excluding hydrogens is 301 g/mol. The van der Waals surface area contributed by atoms with Crippen molar-refractivity contribution >= 4 is 29.0 Å². The van der Waals surface area contributed by atoms with Gasteiger partial charge >= 0.3 is 6.92 Å². The Morgan fingerprint density at radius 3 is 2.96 bits per heavy atom. The highest BCUT2D eigenvalue weighted by molar-refractivity contribution is 6.67. The number of hydrogen-bond acceptors (Lipinski definition) is 5. The number of nitrogen functional groups attached to an aromatic ring is 1. The van der Waals surface area contributed by atoms with Crippen LogP contribution in [0.2, 0.25) is 6.32 Å². The Balaban J connectivity index is 1.90. The van der Waals surface area contributed by atoms with Gasteiger partial charge in [0, 0.05) is 10.9 Å². The third kappa shape index (κ3) is 2.39. The van der Waals surface area contributed by atoms with E-state index >= 15 is 0 Å². The maximum absolute atomic E-state index is 10.3. The Kier molecular flexibility index (Phi) is 3.61. The quantitative estimate of drug-likeness (QED) is 0.706. The molecule has 0 saturated heterocycles. The summed E-state index contributed by atoms with van der Waals surface area (Å²) in [6.07, 6.45) is 4.33. The van der Waals surface area contributed by atoms with E-state index in [-0.39, 0.29) is 0 Å². The van der Waals surface area contributed by atoms with Crippen molar-refractivity contribution in [2.75, 3.05) is 12.8 Å². The minimum absolute atomic E-state index is 0.408. The Hall–Kier alpha value is -2.60. The van der Waals surface area contributed by atoms with E-state index in [4.69, 9.17) is 10.5 Å². The van der Waals surface area contributed by atoms with E-state index in [0.717, 1.165) is 52.4 Å². The van der Waals surface area contributed by atoms with Crippen LogP contribution >= 0.6 is 0 Å². The molecule has 4 rings (SSSR count). The number of hydrogen-bond donors (Lipinski definition) is 2. The first-order chi connectivity index (χ1) is 11.7. The highest BCUT2D eigenvalue weighted by atomic mass is 16.5.